The van der Waals surface area contributed by atoms with Crippen molar-refractivity contribution >= 4 is 33.1 Å². The van der Waals surface area contributed by atoms with Crippen LogP contribution in [0.2, 0.25) is 0 Å². The zero-order valence-electron chi connectivity index (χ0n) is 12.5. The van der Waals surface area contributed by atoms with E-state index in [9.17, 15) is 4.79 Å². The van der Waals surface area contributed by atoms with E-state index in [0.29, 0.717) is 24.6 Å². The summed E-state index contributed by atoms with van der Waals surface area (Å²) in [5.74, 6) is -0.280. The van der Waals surface area contributed by atoms with Gasteiger partial charge in [0.2, 0.25) is 0 Å². The van der Waals surface area contributed by atoms with Crippen molar-refractivity contribution in [1.29, 1.82) is 0 Å². The maximum Gasteiger partial charge on any atom is 0.276 e. The van der Waals surface area contributed by atoms with Crippen LogP contribution in [-0.4, -0.2) is 27.7 Å². The first-order valence-electron chi connectivity index (χ1n) is 7.31. The van der Waals surface area contributed by atoms with E-state index in [2.05, 4.69) is 20.5 Å². The maximum absolute atomic E-state index is 12.4. The highest BCUT2D eigenvalue weighted by atomic mass is 32.1. The first-order chi connectivity index (χ1) is 11.2. The Balaban J connectivity index is 1.58. The average Bonchev–Trinajstić information content (AvgIpc) is 2.93. The summed E-state index contributed by atoms with van der Waals surface area (Å²) < 4.78 is 6.50. The van der Waals surface area contributed by atoms with Crippen molar-refractivity contribution in [3.8, 4) is 0 Å². The Morgan fingerprint density at radius 2 is 2.22 bits per heavy atom. The fourth-order valence-electron chi connectivity index (χ4n) is 2.57. The van der Waals surface area contributed by atoms with Gasteiger partial charge >= 0.3 is 0 Å². The van der Waals surface area contributed by atoms with Crippen LogP contribution in [0.25, 0.3) is 10.2 Å². The average molecular weight is 326 g/mol. The van der Waals surface area contributed by atoms with Crippen molar-refractivity contribution < 1.29 is 9.53 Å². The number of hydrogen-bond donors (Lipinski definition) is 1. The van der Waals surface area contributed by atoms with Crippen LogP contribution in [0.3, 0.4) is 0 Å². The van der Waals surface area contributed by atoms with E-state index in [1.54, 1.807) is 17.4 Å². The van der Waals surface area contributed by atoms with Crippen molar-refractivity contribution in [2.45, 2.75) is 20.0 Å². The molecule has 23 heavy (non-hydrogen) atoms. The molecule has 1 aliphatic heterocycles. The third-order valence-corrected chi connectivity index (χ3v) is 4.64. The first kappa shape index (κ1) is 14.2. The molecule has 0 aliphatic carbocycles. The number of nitrogens with zero attached hydrogens (tertiary/aromatic N) is 3. The summed E-state index contributed by atoms with van der Waals surface area (Å²) in [5, 5.41) is 12.0. The number of benzene rings is 1. The Morgan fingerprint density at radius 3 is 3.13 bits per heavy atom. The van der Waals surface area contributed by atoms with Gasteiger partial charge in [0.05, 0.1) is 34.1 Å². The Hall–Kier alpha value is -2.38. The van der Waals surface area contributed by atoms with Crippen LogP contribution < -0.4 is 5.32 Å². The van der Waals surface area contributed by atoms with Crippen LogP contribution >= 0.6 is 11.3 Å². The van der Waals surface area contributed by atoms with E-state index in [4.69, 9.17) is 4.74 Å². The highest BCUT2D eigenvalue weighted by molar-refractivity contribution is 7.18. The Bertz CT molecular complexity index is 906. The topological polar surface area (TPSA) is 77.0 Å². The van der Waals surface area contributed by atoms with Crippen molar-refractivity contribution in [2.75, 3.05) is 11.9 Å². The molecule has 3 heterocycles. The zero-order valence-corrected chi connectivity index (χ0v) is 13.3. The van der Waals surface area contributed by atoms with Gasteiger partial charge in [0, 0.05) is 17.7 Å². The fourth-order valence-corrected chi connectivity index (χ4v) is 3.38. The summed E-state index contributed by atoms with van der Waals surface area (Å²) in [4.78, 5) is 16.8. The lowest BCUT2D eigenvalue weighted by Crippen LogP contribution is -2.19. The molecule has 7 heteroatoms. The lowest BCUT2D eigenvalue weighted by atomic mass is 10.1. The largest absolute Gasteiger partial charge is 0.376 e. The molecule has 0 radical (unpaired) electrons. The van der Waals surface area contributed by atoms with Gasteiger partial charge in [0.1, 0.15) is 0 Å². The molecule has 1 aliphatic rings. The summed E-state index contributed by atoms with van der Waals surface area (Å²) in [6.45, 7) is 3.10. The van der Waals surface area contributed by atoms with Gasteiger partial charge in [0.15, 0.2) is 5.69 Å². The SMILES string of the molecule is Cc1nc2cc(NC(=O)c3cc4c(nn3)CCOC4)ccc2s1. The van der Waals surface area contributed by atoms with Gasteiger partial charge in [-0.2, -0.15) is 5.10 Å². The summed E-state index contributed by atoms with van der Waals surface area (Å²) in [6.07, 6.45) is 0.740. The molecule has 4 rings (SSSR count). The number of nitrogens with one attached hydrogen (secondary N) is 1. The van der Waals surface area contributed by atoms with E-state index in [-0.39, 0.29) is 5.91 Å². The third-order valence-electron chi connectivity index (χ3n) is 3.69. The van der Waals surface area contributed by atoms with Gasteiger partial charge in [-0.05, 0) is 31.2 Å². The lowest BCUT2D eigenvalue weighted by Gasteiger charge is -2.15. The number of ether oxygens (including phenoxy) is 1. The summed E-state index contributed by atoms with van der Waals surface area (Å²) >= 11 is 1.63. The number of rotatable bonds is 2. The third kappa shape index (κ3) is 2.80. The quantitative estimate of drug-likeness (QED) is 0.783. The van der Waals surface area contributed by atoms with Gasteiger partial charge in [-0.15, -0.1) is 16.4 Å². The van der Waals surface area contributed by atoms with Gasteiger partial charge in [-0.3, -0.25) is 4.79 Å². The molecular weight excluding hydrogens is 312 g/mol. The molecule has 0 unspecified atom stereocenters. The molecule has 0 saturated heterocycles. The fraction of sp³-hybridized carbons (Fsp3) is 0.250. The van der Waals surface area contributed by atoms with Gasteiger partial charge in [-0.1, -0.05) is 0 Å². The number of anilines is 1. The number of aromatic nitrogens is 3. The number of thiazole rings is 1. The Kier molecular flexibility index (Phi) is 3.51. The van der Waals surface area contributed by atoms with E-state index < -0.39 is 0 Å². The number of hydrogen-bond acceptors (Lipinski definition) is 6. The molecule has 0 fully saturated rings. The molecule has 1 amide bonds. The molecule has 3 aromatic rings. The number of aryl methyl sites for hydroxylation is 1. The lowest BCUT2D eigenvalue weighted by molar-refractivity contribution is 0.101. The minimum Gasteiger partial charge on any atom is -0.376 e. The monoisotopic (exact) mass is 326 g/mol. The number of amides is 1. The highest BCUT2D eigenvalue weighted by Crippen LogP contribution is 2.24. The van der Waals surface area contributed by atoms with Crippen molar-refractivity contribution in [3.05, 3.63) is 46.2 Å². The van der Waals surface area contributed by atoms with Crippen LogP contribution in [-0.2, 0) is 17.8 Å². The number of carbonyl (C=O) groups excluding carboxylic acids is 1. The zero-order chi connectivity index (χ0) is 15.8. The van der Waals surface area contributed by atoms with Crippen LogP contribution in [0.5, 0.6) is 0 Å². The van der Waals surface area contributed by atoms with E-state index in [1.807, 2.05) is 25.1 Å². The molecule has 1 aromatic carbocycles. The van der Waals surface area contributed by atoms with Crippen LogP contribution in [0, 0.1) is 6.92 Å². The predicted octanol–water partition coefficient (Wildman–Crippen LogP) is 2.72. The normalized spacial score (nSPS) is 13.8. The van der Waals surface area contributed by atoms with Gasteiger partial charge < -0.3 is 10.1 Å². The highest BCUT2D eigenvalue weighted by Gasteiger charge is 2.16. The van der Waals surface area contributed by atoms with Gasteiger partial charge in [0.25, 0.3) is 5.91 Å². The molecule has 116 valence electrons. The second-order valence-electron chi connectivity index (χ2n) is 5.37. The van der Waals surface area contributed by atoms with E-state index in [0.717, 1.165) is 32.9 Å². The second kappa shape index (κ2) is 5.68. The van der Waals surface area contributed by atoms with Crippen molar-refractivity contribution in [3.63, 3.8) is 0 Å². The van der Waals surface area contributed by atoms with Gasteiger partial charge in [-0.25, -0.2) is 4.98 Å². The van der Waals surface area contributed by atoms with E-state index in [1.165, 1.54) is 0 Å². The summed E-state index contributed by atoms with van der Waals surface area (Å²) in [7, 11) is 0. The number of fused-ring (bicyclic) bond motifs is 2. The van der Waals surface area contributed by atoms with Crippen LogP contribution in [0.15, 0.2) is 24.3 Å². The summed E-state index contributed by atoms with van der Waals surface area (Å²) in [5.41, 5.74) is 3.72. The molecule has 0 atom stereocenters. The minimum atomic E-state index is -0.280. The molecule has 6 nitrogen and oxygen atoms in total. The molecular formula is C16H14N4O2S. The summed E-state index contributed by atoms with van der Waals surface area (Å²) in [6, 6.07) is 7.45. The minimum absolute atomic E-state index is 0.280. The number of carbonyl (C=O) groups is 1. The van der Waals surface area contributed by atoms with Crippen LogP contribution in [0.4, 0.5) is 5.69 Å². The second-order valence-corrected chi connectivity index (χ2v) is 6.61. The standard InChI is InChI=1S/C16H14N4O2S/c1-9-17-13-7-11(2-3-15(13)23-9)18-16(21)14-6-10-8-22-5-4-12(10)19-20-14/h2-3,6-7H,4-5,8H2,1H3,(H,18,21). The van der Waals surface area contributed by atoms with Crippen molar-refractivity contribution in [2.24, 2.45) is 0 Å². The molecule has 2 aromatic heterocycles. The van der Waals surface area contributed by atoms with E-state index >= 15 is 0 Å². The molecule has 1 N–H and O–H groups in total. The first-order valence-corrected chi connectivity index (χ1v) is 8.12. The molecule has 0 bridgehead atoms. The maximum atomic E-state index is 12.4. The van der Waals surface area contributed by atoms with Crippen LogP contribution in [0.1, 0.15) is 26.8 Å². The predicted molar refractivity (Wildman–Crippen MR) is 87.7 cm³/mol. The molecule has 0 spiro atoms. The molecule has 0 saturated carbocycles. The smallest absolute Gasteiger partial charge is 0.276 e. The Morgan fingerprint density at radius 1 is 1.30 bits per heavy atom. The Labute approximate surface area is 136 Å². The van der Waals surface area contributed by atoms with Crippen molar-refractivity contribution in [1.82, 2.24) is 15.2 Å².